The van der Waals surface area contributed by atoms with Crippen molar-refractivity contribution >= 4 is 33.9 Å². The number of rotatable bonds is 3. The van der Waals surface area contributed by atoms with Gasteiger partial charge in [0.1, 0.15) is 6.61 Å². The molecule has 0 saturated heterocycles. The highest BCUT2D eigenvalue weighted by Crippen LogP contribution is 2.47. The van der Waals surface area contributed by atoms with Gasteiger partial charge in [-0.05, 0) is 12.1 Å². The summed E-state index contributed by atoms with van der Waals surface area (Å²) in [5.74, 6) is 1.62. The molecule has 0 saturated carbocycles. The number of nitrogen functional groups attached to an aromatic ring is 1. The molecular formula is C16H21N4O+. The van der Waals surface area contributed by atoms with Gasteiger partial charge in [-0.25, -0.2) is 9.47 Å². The minimum Gasteiger partial charge on any atom is -0.384 e. The van der Waals surface area contributed by atoms with Crippen molar-refractivity contribution in [2.24, 2.45) is 10.9 Å². The number of anilines is 1. The van der Waals surface area contributed by atoms with E-state index in [1.165, 1.54) is 0 Å². The molecule has 1 unspecified atom stereocenters. The second-order valence-corrected chi connectivity index (χ2v) is 6.17. The van der Waals surface area contributed by atoms with E-state index in [4.69, 9.17) is 5.73 Å². The van der Waals surface area contributed by atoms with E-state index in [1.54, 1.807) is 0 Å². The van der Waals surface area contributed by atoms with E-state index in [1.807, 2.05) is 24.3 Å². The fraction of sp³-hybridized carbons (Fsp3) is 0.375. The first-order valence-electron chi connectivity index (χ1n) is 7.20. The van der Waals surface area contributed by atoms with Crippen molar-refractivity contribution in [3.05, 3.63) is 24.3 Å². The lowest BCUT2D eigenvalue weighted by Crippen LogP contribution is -2.52. The van der Waals surface area contributed by atoms with Crippen LogP contribution in [0.25, 0.3) is 10.9 Å². The minimum absolute atomic E-state index is 0.0777. The lowest BCUT2D eigenvalue weighted by Gasteiger charge is -2.32. The summed E-state index contributed by atoms with van der Waals surface area (Å²) in [6.45, 7) is 5.12. The molecule has 0 spiro atoms. The van der Waals surface area contributed by atoms with Crippen molar-refractivity contribution in [1.29, 1.82) is 0 Å². The van der Waals surface area contributed by atoms with Crippen LogP contribution >= 0.6 is 0 Å². The standard InChI is InChI=1S/C16H21N4O/c1-10(2)8-20(3)13(9-21)19-14-15(20)11-6-4-5-7-12(11)18-16(14)17/h4-7,10,21H,8-9H2,1-3H3,(H2,17,18)/q+1. The van der Waals surface area contributed by atoms with Gasteiger partial charge >= 0.3 is 0 Å². The Morgan fingerprint density at radius 3 is 2.67 bits per heavy atom. The van der Waals surface area contributed by atoms with Crippen LogP contribution in [0.4, 0.5) is 17.2 Å². The SMILES string of the molecule is CC(C)C[N+]1(C)C(CO)=Nc2c(N)nc3ccccc3c21. The third-order valence-electron chi connectivity index (χ3n) is 4.04. The molecule has 5 heteroatoms. The summed E-state index contributed by atoms with van der Waals surface area (Å²) < 4.78 is 0.497. The van der Waals surface area contributed by atoms with Crippen molar-refractivity contribution < 1.29 is 5.11 Å². The Balaban J connectivity index is 2.34. The molecule has 1 atom stereocenters. The number of likely N-dealkylation sites (N-methyl/N-ethyl adjacent to an activating group) is 1. The minimum atomic E-state index is -0.0777. The van der Waals surface area contributed by atoms with E-state index in [-0.39, 0.29) is 6.61 Å². The number of aromatic nitrogens is 1. The van der Waals surface area contributed by atoms with Crippen LogP contribution in [0.5, 0.6) is 0 Å². The molecule has 0 amide bonds. The molecule has 0 fully saturated rings. The molecule has 3 rings (SSSR count). The van der Waals surface area contributed by atoms with Crippen molar-refractivity contribution in [2.45, 2.75) is 13.8 Å². The maximum Gasteiger partial charge on any atom is 0.234 e. The summed E-state index contributed by atoms with van der Waals surface area (Å²) in [5, 5.41) is 10.8. The summed E-state index contributed by atoms with van der Waals surface area (Å²) in [6.07, 6.45) is 0. The van der Waals surface area contributed by atoms with E-state index >= 15 is 0 Å². The van der Waals surface area contributed by atoms with Crippen molar-refractivity contribution in [1.82, 2.24) is 9.47 Å². The molecule has 1 aliphatic heterocycles. The highest BCUT2D eigenvalue weighted by molar-refractivity contribution is 6.13. The van der Waals surface area contributed by atoms with Gasteiger partial charge in [-0.15, -0.1) is 0 Å². The summed E-state index contributed by atoms with van der Waals surface area (Å²) in [6, 6.07) is 7.96. The van der Waals surface area contributed by atoms with Gasteiger partial charge in [-0.2, -0.15) is 4.99 Å². The Bertz CT molecular complexity index is 738. The van der Waals surface area contributed by atoms with E-state index in [2.05, 4.69) is 30.9 Å². The smallest absolute Gasteiger partial charge is 0.234 e. The first kappa shape index (κ1) is 14.0. The Hall–Kier alpha value is -1.98. The van der Waals surface area contributed by atoms with Crippen LogP contribution in [-0.4, -0.2) is 36.1 Å². The van der Waals surface area contributed by atoms with Gasteiger partial charge in [-0.3, -0.25) is 0 Å². The van der Waals surface area contributed by atoms with Crippen molar-refractivity contribution in [3.63, 3.8) is 0 Å². The number of para-hydroxylation sites is 1. The van der Waals surface area contributed by atoms with Crippen LogP contribution in [0.15, 0.2) is 29.3 Å². The summed E-state index contributed by atoms with van der Waals surface area (Å²) in [7, 11) is 2.09. The molecule has 2 aromatic rings. The second-order valence-electron chi connectivity index (χ2n) is 6.17. The monoisotopic (exact) mass is 285 g/mol. The number of amidine groups is 1. The molecule has 0 radical (unpaired) electrons. The number of fused-ring (bicyclic) bond motifs is 3. The fourth-order valence-electron chi connectivity index (χ4n) is 3.30. The Kier molecular flexibility index (Phi) is 3.19. The average Bonchev–Trinajstić information content (AvgIpc) is 2.72. The average molecular weight is 285 g/mol. The van der Waals surface area contributed by atoms with Gasteiger partial charge < -0.3 is 10.8 Å². The molecule has 2 heterocycles. The quantitative estimate of drug-likeness (QED) is 0.851. The van der Waals surface area contributed by atoms with E-state index in [0.29, 0.717) is 21.9 Å². The van der Waals surface area contributed by atoms with Crippen molar-refractivity contribution in [3.8, 4) is 0 Å². The van der Waals surface area contributed by atoms with E-state index in [9.17, 15) is 5.11 Å². The van der Waals surface area contributed by atoms with Gasteiger partial charge in [0.25, 0.3) is 0 Å². The number of hydrogen-bond donors (Lipinski definition) is 2. The summed E-state index contributed by atoms with van der Waals surface area (Å²) in [4.78, 5) is 9.02. The van der Waals surface area contributed by atoms with Crippen LogP contribution in [0, 0.1) is 5.92 Å². The maximum absolute atomic E-state index is 9.74. The van der Waals surface area contributed by atoms with Crippen LogP contribution in [0.3, 0.4) is 0 Å². The number of nitrogens with two attached hydrogens (primary N) is 1. The number of aliphatic hydroxyl groups is 1. The van der Waals surface area contributed by atoms with E-state index < -0.39 is 0 Å². The normalized spacial score (nSPS) is 20.9. The molecule has 3 N–H and O–H groups in total. The lowest BCUT2D eigenvalue weighted by atomic mass is 10.1. The highest BCUT2D eigenvalue weighted by Gasteiger charge is 2.43. The lowest BCUT2D eigenvalue weighted by molar-refractivity contribution is 0.326. The topological polar surface area (TPSA) is 71.5 Å². The number of hydrogen-bond acceptors (Lipinski definition) is 4. The van der Waals surface area contributed by atoms with Gasteiger partial charge in [0.05, 0.1) is 24.5 Å². The number of benzene rings is 1. The molecule has 110 valence electrons. The number of nitrogens with zero attached hydrogens (tertiary/aromatic N) is 3. The maximum atomic E-state index is 9.74. The van der Waals surface area contributed by atoms with Crippen LogP contribution in [-0.2, 0) is 0 Å². The zero-order valence-electron chi connectivity index (χ0n) is 12.7. The summed E-state index contributed by atoms with van der Waals surface area (Å²) >= 11 is 0. The number of aliphatic imine (C=N–C) groups is 1. The first-order valence-corrected chi connectivity index (χ1v) is 7.20. The first-order chi connectivity index (χ1) is 9.97. The molecular weight excluding hydrogens is 264 g/mol. The molecule has 21 heavy (non-hydrogen) atoms. The molecule has 1 aromatic heterocycles. The molecule has 1 aliphatic rings. The largest absolute Gasteiger partial charge is 0.384 e. The van der Waals surface area contributed by atoms with Gasteiger partial charge in [0.15, 0.2) is 17.2 Å². The Morgan fingerprint density at radius 1 is 1.29 bits per heavy atom. The highest BCUT2D eigenvalue weighted by atomic mass is 16.3. The van der Waals surface area contributed by atoms with Crippen LogP contribution < -0.4 is 10.2 Å². The molecule has 1 aromatic carbocycles. The number of quaternary nitrogens is 1. The zero-order valence-corrected chi connectivity index (χ0v) is 12.7. The molecule has 0 aliphatic carbocycles. The van der Waals surface area contributed by atoms with Crippen LogP contribution in [0.2, 0.25) is 0 Å². The molecule has 5 nitrogen and oxygen atoms in total. The van der Waals surface area contributed by atoms with E-state index in [0.717, 1.165) is 29.0 Å². The second kappa shape index (κ2) is 4.79. The van der Waals surface area contributed by atoms with Gasteiger partial charge in [-0.1, -0.05) is 26.0 Å². The Labute approximate surface area is 124 Å². The third-order valence-corrected chi connectivity index (χ3v) is 4.04. The predicted octanol–water partition coefficient (Wildman–Crippen LogP) is 2.45. The van der Waals surface area contributed by atoms with Crippen molar-refractivity contribution in [2.75, 3.05) is 25.9 Å². The third kappa shape index (κ3) is 2.01. The summed E-state index contributed by atoms with van der Waals surface area (Å²) in [5.41, 5.74) is 8.73. The predicted molar refractivity (Wildman–Crippen MR) is 87.8 cm³/mol. The van der Waals surface area contributed by atoms with Gasteiger partial charge in [0, 0.05) is 5.92 Å². The molecule has 0 bridgehead atoms. The number of pyridine rings is 1. The number of aliphatic hydroxyl groups excluding tert-OH is 1. The zero-order chi connectivity index (χ0) is 15.2. The van der Waals surface area contributed by atoms with Gasteiger partial charge in [0.2, 0.25) is 5.84 Å². The Morgan fingerprint density at radius 2 is 2.00 bits per heavy atom. The fourth-order valence-corrected chi connectivity index (χ4v) is 3.30. The van der Waals surface area contributed by atoms with Crippen LogP contribution in [0.1, 0.15) is 13.8 Å².